The molecule has 3 rings (SSSR count). The number of carbonyl (C=O) groups is 2. The predicted octanol–water partition coefficient (Wildman–Crippen LogP) is 3.36. The second-order valence-electron chi connectivity index (χ2n) is 7.74. The van der Waals surface area contributed by atoms with Crippen LogP contribution in [0.5, 0.6) is 0 Å². The Morgan fingerprint density at radius 1 is 1.00 bits per heavy atom. The molecule has 4 heteroatoms. The van der Waals surface area contributed by atoms with Crippen molar-refractivity contribution in [2.45, 2.75) is 46.0 Å². The summed E-state index contributed by atoms with van der Waals surface area (Å²) in [5.74, 6) is 3.71. The van der Waals surface area contributed by atoms with Crippen LogP contribution < -0.4 is 0 Å². The zero-order valence-electron chi connectivity index (χ0n) is 14.3. The normalized spacial score (nSPS) is 37.5. The van der Waals surface area contributed by atoms with Gasteiger partial charge in [0.1, 0.15) is 0 Å². The van der Waals surface area contributed by atoms with E-state index in [1.807, 2.05) is 6.92 Å². The molecule has 0 radical (unpaired) electrons. The highest BCUT2D eigenvalue weighted by Gasteiger charge is 2.56. The van der Waals surface area contributed by atoms with Crippen LogP contribution in [0.1, 0.15) is 46.0 Å². The van der Waals surface area contributed by atoms with Gasteiger partial charge in [-0.15, -0.1) is 0 Å². The SMILES string of the molecule is C=C(C)C(=O)OCC1C[C@@H]2CC1C1CC(COC(=O)CC)CC12. The van der Waals surface area contributed by atoms with Crippen molar-refractivity contribution in [2.24, 2.45) is 35.5 Å². The molecular formula is C19H28O4. The van der Waals surface area contributed by atoms with Crippen molar-refractivity contribution < 1.29 is 19.1 Å². The number of ether oxygens (including phenoxy) is 2. The van der Waals surface area contributed by atoms with E-state index in [1.165, 1.54) is 25.7 Å². The van der Waals surface area contributed by atoms with E-state index in [2.05, 4.69) is 6.58 Å². The van der Waals surface area contributed by atoms with Gasteiger partial charge >= 0.3 is 11.9 Å². The summed E-state index contributed by atoms with van der Waals surface area (Å²) < 4.78 is 10.7. The van der Waals surface area contributed by atoms with E-state index in [1.54, 1.807) is 6.92 Å². The van der Waals surface area contributed by atoms with Gasteiger partial charge in [0.05, 0.1) is 13.2 Å². The minimum Gasteiger partial charge on any atom is -0.465 e. The Morgan fingerprint density at radius 2 is 1.74 bits per heavy atom. The fourth-order valence-electron chi connectivity index (χ4n) is 5.27. The average molecular weight is 320 g/mol. The van der Waals surface area contributed by atoms with Crippen molar-refractivity contribution in [3.63, 3.8) is 0 Å². The Labute approximate surface area is 138 Å². The molecule has 0 aromatic carbocycles. The average Bonchev–Trinajstić information content (AvgIpc) is 3.20. The lowest BCUT2D eigenvalue weighted by molar-refractivity contribution is -0.144. The minimum absolute atomic E-state index is 0.0883. The summed E-state index contributed by atoms with van der Waals surface area (Å²) >= 11 is 0. The number of hydrogen-bond acceptors (Lipinski definition) is 4. The number of hydrogen-bond donors (Lipinski definition) is 0. The lowest BCUT2D eigenvalue weighted by atomic mass is 9.76. The van der Waals surface area contributed by atoms with Gasteiger partial charge in [-0.3, -0.25) is 4.79 Å². The molecule has 3 aliphatic rings. The second kappa shape index (κ2) is 6.66. The summed E-state index contributed by atoms with van der Waals surface area (Å²) in [6.07, 6.45) is 5.33. The van der Waals surface area contributed by atoms with Gasteiger partial charge in [-0.2, -0.15) is 0 Å². The third kappa shape index (κ3) is 3.31. The zero-order chi connectivity index (χ0) is 16.6. The number of carbonyl (C=O) groups excluding carboxylic acids is 2. The lowest BCUT2D eigenvalue weighted by Gasteiger charge is -2.31. The van der Waals surface area contributed by atoms with E-state index in [4.69, 9.17) is 9.47 Å². The highest BCUT2D eigenvalue weighted by atomic mass is 16.5. The first-order valence-corrected chi connectivity index (χ1v) is 8.97. The van der Waals surface area contributed by atoms with Gasteiger partial charge in [0.15, 0.2) is 0 Å². The van der Waals surface area contributed by atoms with Crippen LogP contribution in [-0.2, 0) is 19.1 Å². The van der Waals surface area contributed by atoms with Gasteiger partial charge in [0.25, 0.3) is 0 Å². The van der Waals surface area contributed by atoms with Crippen molar-refractivity contribution in [2.75, 3.05) is 13.2 Å². The fraction of sp³-hybridized carbons (Fsp3) is 0.789. The Hall–Kier alpha value is -1.32. The first kappa shape index (κ1) is 16.5. The molecule has 23 heavy (non-hydrogen) atoms. The molecule has 5 unspecified atom stereocenters. The van der Waals surface area contributed by atoms with Crippen LogP contribution in [0, 0.1) is 35.5 Å². The molecule has 4 nitrogen and oxygen atoms in total. The molecule has 0 saturated heterocycles. The van der Waals surface area contributed by atoms with E-state index < -0.39 is 0 Å². The molecule has 3 aliphatic carbocycles. The number of fused-ring (bicyclic) bond motifs is 5. The molecule has 0 N–H and O–H groups in total. The van der Waals surface area contributed by atoms with Gasteiger partial charge in [-0.05, 0) is 68.1 Å². The fourth-order valence-corrected chi connectivity index (χ4v) is 5.27. The molecule has 0 aromatic heterocycles. The predicted molar refractivity (Wildman–Crippen MR) is 86.4 cm³/mol. The van der Waals surface area contributed by atoms with Gasteiger partial charge in [-0.1, -0.05) is 13.5 Å². The molecule has 128 valence electrons. The van der Waals surface area contributed by atoms with Crippen molar-refractivity contribution >= 4 is 11.9 Å². The van der Waals surface area contributed by atoms with Gasteiger partial charge in [0, 0.05) is 12.0 Å². The summed E-state index contributed by atoms with van der Waals surface area (Å²) in [6, 6.07) is 0. The largest absolute Gasteiger partial charge is 0.465 e. The van der Waals surface area contributed by atoms with Crippen molar-refractivity contribution in [1.29, 1.82) is 0 Å². The van der Waals surface area contributed by atoms with Crippen LogP contribution in [0.25, 0.3) is 0 Å². The van der Waals surface area contributed by atoms with Crippen LogP contribution in [0.15, 0.2) is 12.2 Å². The van der Waals surface area contributed by atoms with Crippen LogP contribution in [0.2, 0.25) is 0 Å². The maximum absolute atomic E-state index is 11.6. The molecule has 0 heterocycles. The van der Waals surface area contributed by atoms with Crippen LogP contribution in [-0.4, -0.2) is 25.2 Å². The highest BCUT2D eigenvalue weighted by molar-refractivity contribution is 5.86. The molecular weight excluding hydrogens is 292 g/mol. The summed E-state index contributed by atoms with van der Waals surface area (Å²) in [6.45, 7) is 8.30. The maximum atomic E-state index is 11.6. The van der Waals surface area contributed by atoms with E-state index >= 15 is 0 Å². The Balaban J connectivity index is 1.50. The first-order chi connectivity index (χ1) is 11.0. The topological polar surface area (TPSA) is 52.6 Å². The highest BCUT2D eigenvalue weighted by Crippen LogP contribution is 2.62. The molecule has 3 saturated carbocycles. The van der Waals surface area contributed by atoms with E-state index in [-0.39, 0.29) is 11.9 Å². The Morgan fingerprint density at radius 3 is 2.43 bits per heavy atom. The summed E-state index contributed by atoms with van der Waals surface area (Å²) in [5.41, 5.74) is 0.477. The van der Waals surface area contributed by atoms with Gasteiger partial charge in [-0.25, -0.2) is 4.79 Å². The summed E-state index contributed by atoms with van der Waals surface area (Å²) in [4.78, 5) is 22.9. The number of esters is 2. The smallest absolute Gasteiger partial charge is 0.333 e. The maximum Gasteiger partial charge on any atom is 0.333 e. The second-order valence-corrected chi connectivity index (χ2v) is 7.74. The van der Waals surface area contributed by atoms with Gasteiger partial charge < -0.3 is 9.47 Å². The van der Waals surface area contributed by atoms with Crippen molar-refractivity contribution in [3.05, 3.63) is 12.2 Å². The first-order valence-electron chi connectivity index (χ1n) is 8.97. The van der Waals surface area contributed by atoms with Crippen molar-refractivity contribution in [1.82, 2.24) is 0 Å². The molecule has 2 bridgehead atoms. The Bertz CT molecular complexity index is 498. The molecule has 0 aromatic rings. The van der Waals surface area contributed by atoms with E-state index in [0.717, 1.165) is 17.8 Å². The molecule has 0 amide bonds. The molecule has 3 fully saturated rings. The molecule has 0 aliphatic heterocycles. The van der Waals surface area contributed by atoms with E-state index in [9.17, 15) is 9.59 Å². The van der Waals surface area contributed by atoms with Crippen molar-refractivity contribution in [3.8, 4) is 0 Å². The standard InChI is InChI=1S/C19H28O4/c1-4-18(20)22-9-12-5-15-13-7-14(10-23-19(21)11(2)3)16(8-13)17(15)6-12/h12-17H,2,4-10H2,1,3H3/t12?,13-,14?,15?,16?,17?/m1/s1. The summed E-state index contributed by atoms with van der Waals surface area (Å²) in [5, 5.41) is 0. The minimum atomic E-state index is -0.264. The quantitative estimate of drug-likeness (QED) is 0.556. The third-order valence-electron chi connectivity index (χ3n) is 6.25. The van der Waals surface area contributed by atoms with Crippen LogP contribution in [0.3, 0.4) is 0 Å². The molecule has 0 spiro atoms. The Kier molecular flexibility index (Phi) is 4.79. The molecule has 6 atom stereocenters. The monoisotopic (exact) mass is 320 g/mol. The number of rotatable bonds is 6. The summed E-state index contributed by atoms with van der Waals surface area (Å²) in [7, 11) is 0. The zero-order valence-corrected chi connectivity index (χ0v) is 14.3. The lowest BCUT2D eigenvalue weighted by Crippen LogP contribution is -2.28. The van der Waals surface area contributed by atoms with Gasteiger partial charge in [0.2, 0.25) is 0 Å². The van der Waals surface area contributed by atoms with Crippen LogP contribution in [0.4, 0.5) is 0 Å². The van der Waals surface area contributed by atoms with E-state index in [0.29, 0.717) is 43.0 Å². The van der Waals surface area contributed by atoms with Crippen LogP contribution >= 0.6 is 0 Å². The third-order valence-corrected chi connectivity index (χ3v) is 6.25.